The van der Waals surface area contributed by atoms with E-state index in [1.807, 2.05) is 0 Å². The van der Waals surface area contributed by atoms with Crippen molar-refractivity contribution in [3.63, 3.8) is 0 Å². The van der Waals surface area contributed by atoms with Crippen molar-refractivity contribution in [2.75, 3.05) is 0 Å². The Bertz CT molecular complexity index is 263. The van der Waals surface area contributed by atoms with Gasteiger partial charge in [-0.25, -0.2) is 9.37 Å². The normalized spacial score (nSPS) is 10.2. The number of unbranched alkanes of at least 4 members (excludes halogenated alkanes) is 1. The molecule has 0 fully saturated rings. The average molecular weight is 188 g/mol. The van der Waals surface area contributed by atoms with E-state index in [9.17, 15) is 4.39 Å². The van der Waals surface area contributed by atoms with E-state index in [0.29, 0.717) is 0 Å². The first kappa shape index (κ1) is 9.46. The molecule has 0 aliphatic rings. The summed E-state index contributed by atoms with van der Waals surface area (Å²) < 4.78 is 12.8. The molecule has 0 aliphatic heterocycles. The molecule has 0 spiro atoms. The lowest BCUT2D eigenvalue weighted by Crippen LogP contribution is -1.89. The van der Waals surface area contributed by atoms with Crippen LogP contribution in [0.4, 0.5) is 4.39 Å². The molecule has 12 heavy (non-hydrogen) atoms. The second-order valence-electron chi connectivity index (χ2n) is 2.72. The number of halogens is 2. The second kappa shape index (κ2) is 4.41. The maximum absolute atomic E-state index is 12.8. The molecule has 0 bridgehead atoms. The molecule has 1 rings (SSSR count). The molecule has 1 heterocycles. The molecule has 0 amide bonds. The highest BCUT2D eigenvalue weighted by Crippen LogP contribution is 2.13. The summed E-state index contributed by atoms with van der Waals surface area (Å²) in [5.41, 5.74) is 0.916. The molecule has 1 aromatic rings. The quantitative estimate of drug-likeness (QED) is 0.663. The number of nitrogens with zero attached hydrogens (tertiary/aromatic N) is 1. The van der Waals surface area contributed by atoms with Gasteiger partial charge in [-0.1, -0.05) is 24.9 Å². The molecular formula is C9H11ClFN. The van der Waals surface area contributed by atoms with Crippen molar-refractivity contribution in [3.8, 4) is 0 Å². The van der Waals surface area contributed by atoms with Crippen LogP contribution in [0.5, 0.6) is 0 Å². The van der Waals surface area contributed by atoms with Gasteiger partial charge in [0.05, 0.1) is 0 Å². The van der Waals surface area contributed by atoms with Crippen molar-refractivity contribution in [1.29, 1.82) is 0 Å². The van der Waals surface area contributed by atoms with E-state index in [1.54, 1.807) is 6.20 Å². The van der Waals surface area contributed by atoms with Crippen molar-refractivity contribution in [2.45, 2.75) is 26.2 Å². The van der Waals surface area contributed by atoms with Crippen molar-refractivity contribution in [3.05, 3.63) is 28.8 Å². The Balaban J connectivity index is 2.69. The van der Waals surface area contributed by atoms with Crippen LogP contribution in [-0.4, -0.2) is 4.98 Å². The molecule has 0 aromatic carbocycles. The predicted molar refractivity (Wildman–Crippen MR) is 47.8 cm³/mol. The minimum Gasteiger partial charge on any atom is -0.241 e. The lowest BCUT2D eigenvalue weighted by molar-refractivity contribution is 0.617. The third-order valence-corrected chi connectivity index (χ3v) is 1.95. The van der Waals surface area contributed by atoms with Crippen molar-refractivity contribution in [1.82, 2.24) is 4.98 Å². The van der Waals surface area contributed by atoms with Crippen LogP contribution in [0.1, 0.15) is 25.3 Å². The lowest BCUT2D eigenvalue weighted by Gasteiger charge is -1.99. The molecule has 3 heteroatoms. The number of rotatable bonds is 3. The van der Waals surface area contributed by atoms with Gasteiger partial charge in [-0.15, -0.1) is 0 Å². The van der Waals surface area contributed by atoms with E-state index >= 15 is 0 Å². The van der Waals surface area contributed by atoms with Crippen LogP contribution in [0, 0.1) is 5.82 Å². The number of aryl methyl sites for hydroxylation is 1. The van der Waals surface area contributed by atoms with Gasteiger partial charge in [0.2, 0.25) is 0 Å². The summed E-state index contributed by atoms with van der Waals surface area (Å²) in [4.78, 5) is 3.72. The number of pyridine rings is 1. The molecule has 0 aliphatic carbocycles. The van der Waals surface area contributed by atoms with Gasteiger partial charge in [0, 0.05) is 6.20 Å². The second-order valence-corrected chi connectivity index (χ2v) is 3.08. The SMILES string of the molecule is CCCCc1cnc(Cl)c(F)c1. The fraction of sp³-hybridized carbons (Fsp3) is 0.444. The fourth-order valence-corrected chi connectivity index (χ4v) is 1.08. The van der Waals surface area contributed by atoms with Crippen molar-refractivity contribution < 1.29 is 4.39 Å². The Morgan fingerprint density at radius 1 is 1.58 bits per heavy atom. The van der Waals surface area contributed by atoms with Crippen LogP contribution in [-0.2, 0) is 6.42 Å². The highest BCUT2D eigenvalue weighted by Gasteiger charge is 2.01. The summed E-state index contributed by atoms with van der Waals surface area (Å²) in [6.07, 6.45) is 4.66. The first-order valence-electron chi connectivity index (χ1n) is 4.04. The molecule has 0 saturated heterocycles. The van der Waals surface area contributed by atoms with Crippen LogP contribution >= 0.6 is 11.6 Å². The monoisotopic (exact) mass is 187 g/mol. The summed E-state index contributed by atoms with van der Waals surface area (Å²) >= 11 is 5.43. The summed E-state index contributed by atoms with van der Waals surface area (Å²) in [6, 6.07) is 1.45. The summed E-state index contributed by atoms with van der Waals surface area (Å²) in [5, 5.41) is -0.0461. The van der Waals surface area contributed by atoms with Crippen LogP contribution in [0.15, 0.2) is 12.3 Å². The van der Waals surface area contributed by atoms with E-state index in [0.717, 1.165) is 24.8 Å². The smallest absolute Gasteiger partial charge is 0.164 e. The highest BCUT2D eigenvalue weighted by atomic mass is 35.5. The Kier molecular flexibility index (Phi) is 3.48. The maximum atomic E-state index is 12.8. The average Bonchev–Trinajstić information content (AvgIpc) is 2.07. The van der Waals surface area contributed by atoms with Crippen LogP contribution in [0.3, 0.4) is 0 Å². The molecule has 0 unspecified atom stereocenters. The van der Waals surface area contributed by atoms with Gasteiger partial charge in [-0.3, -0.25) is 0 Å². The molecule has 0 radical (unpaired) electrons. The number of aromatic nitrogens is 1. The minimum absolute atomic E-state index is 0.0461. The standard InChI is InChI=1S/C9H11ClFN/c1-2-3-4-7-5-8(11)9(10)12-6-7/h5-6H,2-4H2,1H3. The molecule has 0 N–H and O–H groups in total. The van der Waals surface area contributed by atoms with Gasteiger partial charge < -0.3 is 0 Å². The Labute approximate surface area is 76.6 Å². The summed E-state index contributed by atoms with van der Waals surface area (Å²) in [7, 11) is 0. The molecule has 0 atom stereocenters. The van der Waals surface area contributed by atoms with Crippen LogP contribution in [0.25, 0.3) is 0 Å². The third-order valence-electron chi connectivity index (χ3n) is 1.67. The summed E-state index contributed by atoms with van der Waals surface area (Å²) in [5.74, 6) is -0.426. The molecule has 66 valence electrons. The van der Waals surface area contributed by atoms with E-state index in [2.05, 4.69) is 11.9 Å². The van der Waals surface area contributed by atoms with Gasteiger partial charge in [0.15, 0.2) is 11.0 Å². The fourth-order valence-electron chi connectivity index (χ4n) is 0.978. The topological polar surface area (TPSA) is 12.9 Å². The Morgan fingerprint density at radius 2 is 2.33 bits per heavy atom. The summed E-state index contributed by atoms with van der Waals surface area (Å²) in [6.45, 7) is 2.10. The van der Waals surface area contributed by atoms with Crippen LogP contribution in [0.2, 0.25) is 5.15 Å². The zero-order valence-electron chi connectivity index (χ0n) is 6.98. The highest BCUT2D eigenvalue weighted by molar-refractivity contribution is 6.29. The number of hydrogen-bond donors (Lipinski definition) is 0. The number of hydrogen-bond acceptors (Lipinski definition) is 1. The first-order chi connectivity index (χ1) is 5.74. The predicted octanol–water partition coefficient (Wildman–Crippen LogP) is 3.22. The van der Waals surface area contributed by atoms with Crippen molar-refractivity contribution >= 4 is 11.6 Å². The van der Waals surface area contributed by atoms with Crippen LogP contribution < -0.4 is 0 Å². The molecule has 0 saturated carbocycles. The zero-order chi connectivity index (χ0) is 8.97. The molecule has 1 nitrogen and oxygen atoms in total. The Morgan fingerprint density at radius 3 is 2.92 bits per heavy atom. The van der Waals surface area contributed by atoms with E-state index in [1.165, 1.54) is 6.07 Å². The van der Waals surface area contributed by atoms with E-state index in [4.69, 9.17) is 11.6 Å². The van der Waals surface area contributed by atoms with Gasteiger partial charge in [0.1, 0.15) is 0 Å². The molecular weight excluding hydrogens is 177 g/mol. The largest absolute Gasteiger partial charge is 0.241 e. The minimum atomic E-state index is -0.426. The Hall–Kier alpha value is -0.630. The van der Waals surface area contributed by atoms with Gasteiger partial charge in [-0.2, -0.15) is 0 Å². The maximum Gasteiger partial charge on any atom is 0.164 e. The zero-order valence-corrected chi connectivity index (χ0v) is 7.74. The molecule has 1 aromatic heterocycles. The first-order valence-corrected chi connectivity index (χ1v) is 4.41. The lowest BCUT2D eigenvalue weighted by atomic mass is 10.1. The van der Waals surface area contributed by atoms with Crippen molar-refractivity contribution in [2.24, 2.45) is 0 Å². The van der Waals surface area contributed by atoms with Gasteiger partial charge in [-0.05, 0) is 24.5 Å². The third kappa shape index (κ3) is 2.45. The van der Waals surface area contributed by atoms with Gasteiger partial charge >= 0.3 is 0 Å². The van der Waals surface area contributed by atoms with Gasteiger partial charge in [0.25, 0.3) is 0 Å². The van der Waals surface area contributed by atoms with E-state index in [-0.39, 0.29) is 5.15 Å². The van der Waals surface area contributed by atoms with E-state index < -0.39 is 5.82 Å².